The minimum Gasteiger partial charge on any atom is -0.478 e. The largest absolute Gasteiger partial charge is 0.490 e. The van der Waals surface area contributed by atoms with Gasteiger partial charge in [0.05, 0.1) is 17.6 Å². The van der Waals surface area contributed by atoms with Crippen molar-refractivity contribution in [3.63, 3.8) is 0 Å². The van der Waals surface area contributed by atoms with Crippen molar-refractivity contribution in [3.05, 3.63) is 64.6 Å². The number of hydrogen-bond acceptors (Lipinski definition) is 7. The Balaban J connectivity index is 0.000000745. The SMILES string of the molecule is Cc1nn(C)c(C)c1CCCN(C)c1ncc(NS(=O)(=O)c2cc(F)ccc2F)cc1C(=O)O.O=C(O)C(F)(F)F. The zero-order valence-electron chi connectivity index (χ0n) is 22.1. The van der Waals surface area contributed by atoms with Gasteiger partial charge < -0.3 is 15.1 Å². The van der Waals surface area contributed by atoms with E-state index in [1.165, 1.54) is 0 Å². The Bertz CT molecular complexity index is 1540. The fourth-order valence-electron chi connectivity index (χ4n) is 3.65. The Kier molecular flexibility index (Phi) is 10.4. The molecule has 3 N–H and O–H groups in total. The smallest absolute Gasteiger partial charge is 0.478 e. The lowest BCUT2D eigenvalue weighted by Crippen LogP contribution is -2.23. The van der Waals surface area contributed by atoms with Crippen LogP contribution in [-0.4, -0.2) is 65.1 Å². The number of aromatic carboxylic acids is 1. The number of aromatic nitrogens is 3. The summed E-state index contributed by atoms with van der Waals surface area (Å²) in [6, 6.07) is 3.11. The summed E-state index contributed by atoms with van der Waals surface area (Å²) in [5.41, 5.74) is 2.71. The average molecular weight is 608 g/mol. The van der Waals surface area contributed by atoms with Gasteiger partial charge in [-0.3, -0.25) is 9.40 Å². The number of nitrogens with one attached hydrogen (secondary N) is 1. The third-order valence-corrected chi connectivity index (χ3v) is 7.11. The second kappa shape index (κ2) is 12.9. The monoisotopic (exact) mass is 607 g/mol. The van der Waals surface area contributed by atoms with Gasteiger partial charge in [-0.25, -0.2) is 31.8 Å². The Morgan fingerprint density at radius 1 is 1.12 bits per heavy atom. The first-order chi connectivity index (χ1) is 18.8. The summed E-state index contributed by atoms with van der Waals surface area (Å²) in [4.78, 5) is 25.6. The standard InChI is InChI=1S/C22H25F2N5O4S.C2HF3O2/c1-13-17(14(2)29(4)26-13)6-5-9-28(3)21-18(22(30)31)11-16(12-25-21)27-34(32,33)20-10-15(23)7-8-19(20)24;3-2(4,5)1(6)7/h7-8,10-12,27H,5-6,9H2,1-4H3,(H,30,31);(H,6,7). The predicted octanol–water partition coefficient (Wildman–Crippen LogP) is 3.91. The second-order valence-corrected chi connectivity index (χ2v) is 10.3. The summed E-state index contributed by atoms with van der Waals surface area (Å²) in [6.07, 6.45) is -2.50. The molecule has 0 atom stereocenters. The number of carbonyl (C=O) groups is 2. The minimum atomic E-state index is -5.08. The minimum absolute atomic E-state index is 0.145. The summed E-state index contributed by atoms with van der Waals surface area (Å²) in [5, 5.41) is 21.2. The lowest BCUT2D eigenvalue weighted by atomic mass is 10.1. The number of rotatable bonds is 9. The number of nitrogens with zero attached hydrogens (tertiary/aromatic N) is 4. The van der Waals surface area contributed by atoms with E-state index < -0.39 is 44.7 Å². The molecule has 0 aliphatic carbocycles. The first-order valence-corrected chi connectivity index (χ1v) is 13.0. The normalized spacial score (nSPS) is 11.4. The molecule has 0 bridgehead atoms. The maximum Gasteiger partial charge on any atom is 0.490 e. The van der Waals surface area contributed by atoms with Gasteiger partial charge >= 0.3 is 18.1 Å². The van der Waals surface area contributed by atoms with Crippen molar-refractivity contribution in [2.45, 2.75) is 37.8 Å². The molecular weight excluding hydrogens is 581 g/mol. The van der Waals surface area contributed by atoms with Crippen LogP contribution in [0, 0.1) is 25.5 Å². The molecule has 1 aromatic carbocycles. The number of carboxylic acid groups (broad SMARTS) is 2. The van der Waals surface area contributed by atoms with Gasteiger partial charge in [-0.15, -0.1) is 0 Å². The van der Waals surface area contributed by atoms with Crippen LogP contribution in [0.4, 0.5) is 33.5 Å². The maximum absolute atomic E-state index is 13.9. The van der Waals surface area contributed by atoms with Crippen LogP contribution in [-0.2, 0) is 28.3 Å². The van der Waals surface area contributed by atoms with Crippen LogP contribution in [0.2, 0.25) is 0 Å². The van der Waals surface area contributed by atoms with Crippen molar-refractivity contribution in [2.75, 3.05) is 23.2 Å². The van der Waals surface area contributed by atoms with E-state index >= 15 is 0 Å². The number of aliphatic carboxylic acids is 1. The number of alkyl halides is 3. The third-order valence-electron chi connectivity index (χ3n) is 5.72. The number of sulfonamides is 1. The number of halogens is 5. The molecule has 3 aromatic rings. The summed E-state index contributed by atoms with van der Waals surface area (Å²) in [5.74, 6) is -6.00. The van der Waals surface area contributed by atoms with Crippen molar-refractivity contribution in [2.24, 2.45) is 7.05 Å². The molecule has 2 heterocycles. The first kappa shape index (κ1) is 32.9. The van der Waals surface area contributed by atoms with Crippen molar-refractivity contribution in [1.82, 2.24) is 14.8 Å². The molecule has 3 rings (SSSR count). The van der Waals surface area contributed by atoms with Gasteiger partial charge in [-0.05, 0) is 56.5 Å². The molecule has 0 spiro atoms. The molecule has 41 heavy (non-hydrogen) atoms. The van der Waals surface area contributed by atoms with Gasteiger partial charge in [0.1, 0.15) is 27.9 Å². The van der Waals surface area contributed by atoms with Crippen LogP contribution in [0.15, 0.2) is 35.4 Å². The molecule has 224 valence electrons. The van der Waals surface area contributed by atoms with Crippen LogP contribution >= 0.6 is 0 Å². The lowest BCUT2D eigenvalue weighted by Gasteiger charge is -2.20. The summed E-state index contributed by atoms with van der Waals surface area (Å²) in [7, 11) is -0.954. The van der Waals surface area contributed by atoms with Crippen molar-refractivity contribution >= 4 is 33.5 Å². The summed E-state index contributed by atoms with van der Waals surface area (Å²) >= 11 is 0. The molecule has 0 fully saturated rings. The van der Waals surface area contributed by atoms with E-state index in [0.717, 1.165) is 41.7 Å². The highest BCUT2D eigenvalue weighted by molar-refractivity contribution is 7.92. The molecule has 2 aromatic heterocycles. The van der Waals surface area contributed by atoms with Gasteiger partial charge in [0.2, 0.25) is 0 Å². The van der Waals surface area contributed by atoms with Gasteiger partial charge in [-0.1, -0.05) is 0 Å². The molecule has 0 amide bonds. The van der Waals surface area contributed by atoms with Crippen LogP contribution in [0.5, 0.6) is 0 Å². The average Bonchev–Trinajstić information content (AvgIpc) is 3.10. The third kappa shape index (κ3) is 8.60. The zero-order chi connectivity index (χ0) is 31.3. The predicted molar refractivity (Wildman–Crippen MR) is 136 cm³/mol. The van der Waals surface area contributed by atoms with E-state index in [0.29, 0.717) is 25.1 Å². The number of benzene rings is 1. The number of aryl methyl sites for hydroxylation is 2. The number of hydrogen-bond donors (Lipinski definition) is 3. The topological polar surface area (TPSA) is 155 Å². The fraction of sp³-hybridized carbons (Fsp3) is 0.333. The molecule has 0 aliphatic heterocycles. The summed E-state index contributed by atoms with van der Waals surface area (Å²) < 4.78 is 88.0. The second-order valence-electron chi connectivity index (χ2n) is 8.68. The molecular formula is C24H26F5N5O6S. The molecule has 0 aliphatic rings. The van der Waals surface area contributed by atoms with E-state index in [1.54, 1.807) is 11.9 Å². The Labute approximate surface area is 231 Å². The van der Waals surface area contributed by atoms with Crippen molar-refractivity contribution in [1.29, 1.82) is 0 Å². The van der Waals surface area contributed by atoms with E-state index in [4.69, 9.17) is 9.90 Å². The van der Waals surface area contributed by atoms with Crippen molar-refractivity contribution in [3.8, 4) is 0 Å². The number of anilines is 2. The number of pyridine rings is 1. The van der Waals surface area contributed by atoms with Crippen LogP contribution in [0.3, 0.4) is 0 Å². The molecule has 0 saturated heterocycles. The Hall–Kier alpha value is -4.28. The van der Waals surface area contributed by atoms with Crippen molar-refractivity contribution < 1.29 is 50.2 Å². The van der Waals surface area contributed by atoms with Gasteiger partial charge in [-0.2, -0.15) is 18.3 Å². The van der Waals surface area contributed by atoms with Crippen LogP contribution < -0.4 is 9.62 Å². The Morgan fingerprint density at radius 2 is 1.73 bits per heavy atom. The van der Waals surface area contributed by atoms with E-state index in [2.05, 4.69) is 14.8 Å². The summed E-state index contributed by atoms with van der Waals surface area (Å²) in [6.45, 7) is 4.41. The molecule has 17 heteroatoms. The fourth-order valence-corrected chi connectivity index (χ4v) is 4.77. The first-order valence-electron chi connectivity index (χ1n) is 11.6. The highest BCUT2D eigenvalue weighted by Crippen LogP contribution is 2.25. The maximum atomic E-state index is 13.9. The molecule has 0 unspecified atom stereocenters. The van der Waals surface area contributed by atoms with Crippen LogP contribution in [0.25, 0.3) is 0 Å². The highest BCUT2D eigenvalue weighted by Gasteiger charge is 2.38. The quantitative estimate of drug-likeness (QED) is 0.307. The molecule has 0 saturated carbocycles. The highest BCUT2D eigenvalue weighted by atomic mass is 32.2. The van der Waals surface area contributed by atoms with E-state index in [9.17, 15) is 40.3 Å². The van der Waals surface area contributed by atoms with Gasteiger partial charge in [0, 0.05) is 26.3 Å². The molecule has 11 nitrogen and oxygen atoms in total. The van der Waals surface area contributed by atoms with Gasteiger partial charge in [0.15, 0.2) is 0 Å². The zero-order valence-corrected chi connectivity index (χ0v) is 22.9. The van der Waals surface area contributed by atoms with Gasteiger partial charge in [0.25, 0.3) is 10.0 Å². The lowest BCUT2D eigenvalue weighted by molar-refractivity contribution is -0.192. The molecule has 0 radical (unpaired) electrons. The Morgan fingerprint density at radius 3 is 2.24 bits per heavy atom. The number of carboxylic acids is 2. The van der Waals surface area contributed by atoms with E-state index in [1.807, 2.05) is 25.6 Å². The van der Waals surface area contributed by atoms with Crippen LogP contribution in [0.1, 0.15) is 33.7 Å². The van der Waals surface area contributed by atoms with E-state index in [-0.39, 0.29) is 17.1 Å².